The highest BCUT2D eigenvalue weighted by molar-refractivity contribution is 5.79. The standard InChI is InChI=1S/C25H40N6O/c1-22-27-15-19-31(22)16-7-6-13-28-25(26-2)29-14-8-20-32-24-11-17-30(18-12-24)21-23-9-4-3-5-10-23/h3-5,9-10,15,19,24H,6-8,11-14,16-18,20-21H2,1-2H3,(H2,26,28,29). The molecule has 0 saturated carbocycles. The highest BCUT2D eigenvalue weighted by Gasteiger charge is 2.19. The summed E-state index contributed by atoms with van der Waals surface area (Å²) < 4.78 is 8.32. The van der Waals surface area contributed by atoms with Gasteiger partial charge in [-0.2, -0.15) is 0 Å². The van der Waals surface area contributed by atoms with E-state index in [1.807, 2.05) is 26.4 Å². The molecule has 1 aliphatic heterocycles. The molecule has 0 radical (unpaired) electrons. The third kappa shape index (κ3) is 8.63. The number of guanidine groups is 1. The molecule has 7 heteroatoms. The van der Waals surface area contributed by atoms with Gasteiger partial charge in [-0.15, -0.1) is 0 Å². The number of aryl methyl sites for hydroxylation is 2. The Hall–Kier alpha value is -2.38. The van der Waals surface area contributed by atoms with Crippen molar-refractivity contribution in [1.29, 1.82) is 0 Å². The summed E-state index contributed by atoms with van der Waals surface area (Å²) in [7, 11) is 1.82. The zero-order chi connectivity index (χ0) is 22.4. The number of nitrogens with one attached hydrogen (secondary N) is 2. The second-order valence-electron chi connectivity index (χ2n) is 8.49. The Morgan fingerprint density at radius 3 is 2.53 bits per heavy atom. The highest BCUT2D eigenvalue weighted by Crippen LogP contribution is 2.16. The molecule has 2 heterocycles. The van der Waals surface area contributed by atoms with Gasteiger partial charge in [-0.25, -0.2) is 4.98 Å². The van der Waals surface area contributed by atoms with Crippen LogP contribution >= 0.6 is 0 Å². The summed E-state index contributed by atoms with van der Waals surface area (Å²) in [4.78, 5) is 11.1. The Morgan fingerprint density at radius 1 is 1.09 bits per heavy atom. The van der Waals surface area contributed by atoms with Gasteiger partial charge in [-0.3, -0.25) is 9.89 Å². The van der Waals surface area contributed by atoms with Gasteiger partial charge in [0.25, 0.3) is 0 Å². The second kappa shape index (κ2) is 13.9. The monoisotopic (exact) mass is 440 g/mol. The summed E-state index contributed by atoms with van der Waals surface area (Å²) >= 11 is 0. The SMILES string of the molecule is CN=C(NCCCCn1ccnc1C)NCCCOC1CCN(Cc2ccccc2)CC1. The van der Waals surface area contributed by atoms with Gasteiger partial charge < -0.3 is 19.9 Å². The van der Waals surface area contributed by atoms with Crippen molar-refractivity contribution in [3.8, 4) is 0 Å². The molecule has 1 aromatic heterocycles. The minimum absolute atomic E-state index is 0.401. The van der Waals surface area contributed by atoms with Gasteiger partial charge in [-0.05, 0) is 44.6 Å². The van der Waals surface area contributed by atoms with Crippen LogP contribution in [0.4, 0.5) is 0 Å². The van der Waals surface area contributed by atoms with E-state index in [9.17, 15) is 0 Å². The maximum Gasteiger partial charge on any atom is 0.190 e. The van der Waals surface area contributed by atoms with Crippen LogP contribution in [0.1, 0.15) is 43.5 Å². The van der Waals surface area contributed by atoms with Gasteiger partial charge in [0.05, 0.1) is 6.10 Å². The van der Waals surface area contributed by atoms with Crippen molar-refractivity contribution in [3.63, 3.8) is 0 Å². The smallest absolute Gasteiger partial charge is 0.190 e. The second-order valence-corrected chi connectivity index (χ2v) is 8.49. The predicted molar refractivity (Wildman–Crippen MR) is 131 cm³/mol. The van der Waals surface area contributed by atoms with Gasteiger partial charge in [0.1, 0.15) is 5.82 Å². The van der Waals surface area contributed by atoms with Crippen molar-refractivity contribution in [2.45, 2.75) is 58.2 Å². The van der Waals surface area contributed by atoms with E-state index in [1.54, 1.807) is 0 Å². The molecular formula is C25H40N6O. The molecule has 2 N–H and O–H groups in total. The fourth-order valence-corrected chi connectivity index (χ4v) is 4.08. The van der Waals surface area contributed by atoms with E-state index < -0.39 is 0 Å². The van der Waals surface area contributed by atoms with Crippen LogP contribution in [0.2, 0.25) is 0 Å². The maximum absolute atomic E-state index is 6.12. The van der Waals surface area contributed by atoms with Gasteiger partial charge >= 0.3 is 0 Å². The first-order valence-corrected chi connectivity index (χ1v) is 12.0. The summed E-state index contributed by atoms with van der Waals surface area (Å²) in [6.45, 7) is 8.95. The largest absolute Gasteiger partial charge is 0.378 e. The lowest BCUT2D eigenvalue weighted by atomic mass is 10.1. The lowest BCUT2D eigenvalue weighted by molar-refractivity contribution is 0.00534. The lowest BCUT2D eigenvalue weighted by Crippen LogP contribution is -2.39. The van der Waals surface area contributed by atoms with Crippen LogP contribution in [0.25, 0.3) is 0 Å². The zero-order valence-corrected chi connectivity index (χ0v) is 19.8. The molecular weight excluding hydrogens is 400 g/mol. The van der Waals surface area contributed by atoms with Crippen LogP contribution in [-0.4, -0.2) is 66.3 Å². The molecule has 32 heavy (non-hydrogen) atoms. The Morgan fingerprint density at radius 2 is 1.84 bits per heavy atom. The Labute approximate surface area is 193 Å². The van der Waals surface area contributed by atoms with Crippen molar-refractivity contribution in [2.24, 2.45) is 4.99 Å². The summed E-state index contributed by atoms with van der Waals surface area (Å²) in [5.74, 6) is 1.95. The number of rotatable bonds is 12. The van der Waals surface area contributed by atoms with Gasteiger partial charge in [-0.1, -0.05) is 30.3 Å². The van der Waals surface area contributed by atoms with Crippen molar-refractivity contribution in [3.05, 3.63) is 54.1 Å². The third-order valence-electron chi connectivity index (χ3n) is 6.02. The third-order valence-corrected chi connectivity index (χ3v) is 6.02. The fraction of sp³-hybridized carbons (Fsp3) is 0.600. The molecule has 1 fully saturated rings. The lowest BCUT2D eigenvalue weighted by Gasteiger charge is -2.32. The molecule has 0 spiro atoms. The molecule has 0 bridgehead atoms. The molecule has 176 valence electrons. The number of aliphatic imine (C=N–C) groups is 1. The zero-order valence-electron chi connectivity index (χ0n) is 19.8. The fourth-order valence-electron chi connectivity index (χ4n) is 4.08. The van der Waals surface area contributed by atoms with Crippen LogP contribution in [-0.2, 0) is 17.8 Å². The van der Waals surface area contributed by atoms with Crippen molar-refractivity contribution in [1.82, 2.24) is 25.1 Å². The minimum Gasteiger partial charge on any atom is -0.378 e. The highest BCUT2D eigenvalue weighted by atomic mass is 16.5. The van der Waals surface area contributed by atoms with Crippen LogP contribution in [0.5, 0.6) is 0 Å². The first-order valence-electron chi connectivity index (χ1n) is 12.0. The topological polar surface area (TPSA) is 66.7 Å². The number of ether oxygens (including phenoxy) is 1. The van der Waals surface area contributed by atoms with E-state index >= 15 is 0 Å². The summed E-state index contributed by atoms with van der Waals surface area (Å²) in [5, 5.41) is 6.79. The number of benzene rings is 1. The number of hydrogen-bond donors (Lipinski definition) is 2. The van der Waals surface area contributed by atoms with E-state index in [0.717, 1.165) is 89.8 Å². The number of imidazole rings is 1. The summed E-state index contributed by atoms with van der Waals surface area (Å²) in [6.07, 6.45) is 9.77. The van der Waals surface area contributed by atoms with Gasteiger partial charge in [0.2, 0.25) is 0 Å². The first-order chi connectivity index (χ1) is 15.7. The molecule has 1 saturated heterocycles. The van der Waals surface area contributed by atoms with Crippen molar-refractivity contribution < 1.29 is 4.74 Å². The molecule has 7 nitrogen and oxygen atoms in total. The molecule has 0 atom stereocenters. The van der Waals surface area contributed by atoms with E-state index in [4.69, 9.17) is 4.74 Å². The predicted octanol–water partition coefficient (Wildman–Crippen LogP) is 3.21. The van der Waals surface area contributed by atoms with Crippen molar-refractivity contribution in [2.75, 3.05) is 39.8 Å². The van der Waals surface area contributed by atoms with Crippen LogP contribution in [0, 0.1) is 6.92 Å². The van der Waals surface area contributed by atoms with E-state index in [2.05, 4.69) is 60.4 Å². The Kier molecular flexibility index (Phi) is 10.5. The number of likely N-dealkylation sites (tertiary alicyclic amines) is 1. The van der Waals surface area contributed by atoms with E-state index in [0.29, 0.717) is 6.10 Å². The first kappa shape index (κ1) is 24.3. The molecule has 0 amide bonds. The molecule has 3 rings (SSSR count). The number of aromatic nitrogens is 2. The summed E-state index contributed by atoms with van der Waals surface area (Å²) in [6, 6.07) is 10.7. The average molecular weight is 441 g/mol. The van der Waals surface area contributed by atoms with Crippen molar-refractivity contribution >= 4 is 5.96 Å². The quantitative estimate of drug-likeness (QED) is 0.301. The summed E-state index contributed by atoms with van der Waals surface area (Å²) in [5.41, 5.74) is 1.40. The average Bonchev–Trinajstić information content (AvgIpc) is 3.23. The Bertz CT molecular complexity index is 783. The van der Waals surface area contributed by atoms with Gasteiger partial charge in [0.15, 0.2) is 5.96 Å². The van der Waals surface area contributed by atoms with E-state index in [-0.39, 0.29) is 0 Å². The number of hydrogen-bond acceptors (Lipinski definition) is 4. The number of nitrogens with zero attached hydrogens (tertiary/aromatic N) is 4. The number of unbranched alkanes of at least 4 members (excludes halogenated alkanes) is 1. The molecule has 1 aliphatic rings. The van der Waals surface area contributed by atoms with Crippen LogP contribution in [0.15, 0.2) is 47.7 Å². The minimum atomic E-state index is 0.401. The van der Waals surface area contributed by atoms with Gasteiger partial charge in [0, 0.05) is 65.3 Å². The maximum atomic E-state index is 6.12. The molecule has 0 unspecified atom stereocenters. The number of piperidine rings is 1. The van der Waals surface area contributed by atoms with Crippen LogP contribution < -0.4 is 10.6 Å². The normalized spacial score (nSPS) is 15.8. The van der Waals surface area contributed by atoms with Crippen LogP contribution in [0.3, 0.4) is 0 Å². The molecule has 1 aromatic carbocycles. The molecule has 0 aliphatic carbocycles. The Balaban J connectivity index is 1.17. The van der Waals surface area contributed by atoms with E-state index in [1.165, 1.54) is 5.56 Å². The molecule has 2 aromatic rings.